The topological polar surface area (TPSA) is 204 Å². The number of hydrogen-bond acceptors (Lipinski definition) is 15. The fraction of sp³-hybridized carbons (Fsp3) is 0.515. The summed E-state index contributed by atoms with van der Waals surface area (Å²) < 4.78 is 54.9. The van der Waals surface area contributed by atoms with Gasteiger partial charge < -0.3 is 37.9 Å². The van der Waals surface area contributed by atoms with Crippen molar-refractivity contribution in [2.75, 3.05) is 33.3 Å². The summed E-state index contributed by atoms with van der Waals surface area (Å²) in [6.07, 6.45) is 0.157. The van der Waals surface area contributed by atoms with Gasteiger partial charge in [0, 0.05) is 12.6 Å². The zero-order chi connectivity index (χ0) is 38.3. The van der Waals surface area contributed by atoms with E-state index in [0.29, 0.717) is 11.0 Å². The number of nitrogens with zero attached hydrogens (tertiary/aromatic N) is 4. The van der Waals surface area contributed by atoms with Gasteiger partial charge in [-0.3, -0.25) is 23.7 Å². The van der Waals surface area contributed by atoms with Crippen LogP contribution in [0.2, 0.25) is 5.15 Å². The molecule has 52 heavy (non-hydrogen) atoms. The highest BCUT2D eigenvalue weighted by Gasteiger charge is 2.43. The molecule has 0 aliphatic carbocycles. The van der Waals surface area contributed by atoms with Gasteiger partial charge in [0.05, 0.1) is 35.4 Å². The van der Waals surface area contributed by atoms with E-state index in [0.717, 1.165) is 4.67 Å². The van der Waals surface area contributed by atoms with Gasteiger partial charge in [-0.25, -0.2) is 14.5 Å². The molecule has 1 saturated heterocycles. The number of fused-ring (bicyclic) bond motifs is 1. The predicted molar refractivity (Wildman–Crippen MR) is 182 cm³/mol. The minimum atomic E-state index is -4.74. The van der Waals surface area contributed by atoms with E-state index in [4.69, 9.17) is 44.3 Å². The van der Waals surface area contributed by atoms with Gasteiger partial charge in [0.1, 0.15) is 36.7 Å². The number of imidazole rings is 1. The molecule has 3 aromatic rings. The zero-order valence-electron chi connectivity index (χ0n) is 29.6. The van der Waals surface area contributed by atoms with E-state index < -0.39 is 94.2 Å². The van der Waals surface area contributed by atoms with Crippen molar-refractivity contribution in [1.29, 1.82) is 0 Å². The number of benzene rings is 1. The van der Waals surface area contributed by atoms with Gasteiger partial charge in [0.25, 0.3) is 0 Å². The van der Waals surface area contributed by atoms with Gasteiger partial charge in [-0.2, -0.15) is 4.67 Å². The molecule has 0 spiro atoms. The number of para-hydroxylation sites is 1. The Morgan fingerprint density at radius 1 is 0.923 bits per heavy atom. The Kier molecular flexibility index (Phi) is 13.4. The lowest BCUT2D eigenvalue weighted by Gasteiger charge is -2.30. The monoisotopic (exact) mass is 768 g/mol. The van der Waals surface area contributed by atoms with Crippen molar-refractivity contribution in [2.45, 2.75) is 66.4 Å². The van der Waals surface area contributed by atoms with Gasteiger partial charge in [0.15, 0.2) is 5.15 Å². The van der Waals surface area contributed by atoms with Crippen LogP contribution in [-0.4, -0.2) is 93.7 Å². The lowest BCUT2D eigenvalue weighted by atomic mass is 9.97. The average Bonchev–Trinajstić information content (AvgIpc) is 3.67. The van der Waals surface area contributed by atoms with Gasteiger partial charge >= 0.3 is 31.6 Å². The Morgan fingerprint density at radius 3 is 2.06 bits per heavy atom. The number of carbonyl (C=O) groups is 4. The lowest BCUT2D eigenvalue weighted by molar-refractivity contribution is -0.173. The molecule has 0 amide bonds. The summed E-state index contributed by atoms with van der Waals surface area (Å²) in [4.78, 5) is 58.6. The van der Waals surface area contributed by atoms with E-state index in [2.05, 4.69) is 9.97 Å². The average molecular weight is 769 g/mol. The smallest absolute Gasteiger partial charge is 0.427 e. The molecule has 4 atom stereocenters. The van der Waals surface area contributed by atoms with Crippen molar-refractivity contribution < 1.29 is 61.6 Å². The van der Waals surface area contributed by atoms with Crippen LogP contribution in [0.4, 0.5) is 0 Å². The standard InChI is InChI=1S/C33H42ClN4O13P/c1-32(2,3)30(42)47-19-45-26(40)15-37(16-27(41)46-20-48-31(43)33(4,5)6)52(44,51-21-10-8-7-9-11-21)49-17-24-23(39)14-25(50-24)38-18-36-28-22(38)12-13-35-29(28)34/h7-13,18,23-25,39H,14-17,19-20H2,1-6H3/t23-,24+,25+,52?/m0/s1. The highest BCUT2D eigenvalue weighted by molar-refractivity contribution is 7.51. The Hall–Kier alpha value is -4.12. The summed E-state index contributed by atoms with van der Waals surface area (Å²) in [6, 6.07) is 9.46. The molecule has 1 N–H and O–H groups in total. The normalized spacial score (nSPS) is 18.8. The van der Waals surface area contributed by atoms with E-state index >= 15 is 0 Å². The van der Waals surface area contributed by atoms with Crippen LogP contribution in [0.15, 0.2) is 48.9 Å². The van der Waals surface area contributed by atoms with Crippen LogP contribution in [0, 0.1) is 10.8 Å². The number of esters is 4. The lowest BCUT2D eigenvalue weighted by Crippen LogP contribution is -2.38. The Balaban J connectivity index is 1.54. The maximum absolute atomic E-state index is 14.7. The van der Waals surface area contributed by atoms with Gasteiger partial charge in [-0.1, -0.05) is 29.8 Å². The van der Waals surface area contributed by atoms with E-state index in [9.17, 15) is 28.8 Å². The highest BCUT2D eigenvalue weighted by Crippen LogP contribution is 2.52. The Labute approximate surface area is 305 Å². The summed E-state index contributed by atoms with van der Waals surface area (Å²) in [5, 5.41) is 11.1. The van der Waals surface area contributed by atoms with E-state index in [1.807, 2.05) is 0 Å². The summed E-state index contributed by atoms with van der Waals surface area (Å²) in [5.74, 6) is -3.41. The van der Waals surface area contributed by atoms with Crippen LogP contribution in [0.25, 0.3) is 11.0 Å². The fourth-order valence-corrected chi connectivity index (χ4v) is 6.33. The molecule has 1 aliphatic rings. The van der Waals surface area contributed by atoms with Gasteiger partial charge in [-0.05, 0) is 59.7 Å². The van der Waals surface area contributed by atoms with Crippen molar-refractivity contribution in [3.63, 3.8) is 0 Å². The van der Waals surface area contributed by atoms with E-state index in [1.54, 1.807) is 70.4 Å². The summed E-state index contributed by atoms with van der Waals surface area (Å²) in [6.45, 7) is 5.79. The number of carbonyl (C=O) groups excluding carboxylic acids is 4. The van der Waals surface area contributed by atoms with Gasteiger partial charge in [-0.15, -0.1) is 0 Å². The van der Waals surface area contributed by atoms with Crippen LogP contribution in [-0.2, 0) is 52.0 Å². The molecular weight excluding hydrogens is 727 g/mol. The second-order valence-corrected chi connectivity index (χ2v) is 16.0. The fourth-order valence-electron chi connectivity index (χ4n) is 4.49. The Morgan fingerprint density at radius 2 is 1.50 bits per heavy atom. The van der Waals surface area contributed by atoms with E-state index in [1.165, 1.54) is 24.7 Å². The number of aliphatic hydroxyl groups is 1. The zero-order valence-corrected chi connectivity index (χ0v) is 31.2. The van der Waals surface area contributed by atoms with Crippen molar-refractivity contribution in [2.24, 2.45) is 10.8 Å². The Bertz CT molecular complexity index is 1730. The van der Waals surface area contributed by atoms with Crippen molar-refractivity contribution in [3.8, 4) is 5.75 Å². The molecular formula is C33H42ClN4O13P. The minimum Gasteiger partial charge on any atom is -0.427 e. The molecule has 3 heterocycles. The molecule has 0 bridgehead atoms. The first kappa shape index (κ1) is 40.6. The van der Waals surface area contributed by atoms with Crippen LogP contribution >= 0.6 is 19.3 Å². The molecule has 0 saturated carbocycles. The number of pyridine rings is 1. The van der Waals surface area contributed by atoms with Crippen molar-refractivity contribution in [1.82, 2.24) is 19.2 Å². The second-order valence-electron chi connectivity index (χ2n) is 13.7. The third-order valence-corrected chi connectivity index (χ3v) is 9.51. The summed E-state index contributed by atoms with van der Waals surface area (Å²) in [7, 11) is -4.74. The molecule has 0 radical (unpaired) electrons. The van der Waals surface area contributed by atoms with Crippen molar-refractivity contribution >= 4 is 54.3 Å². The van der Waals surface area contributed by atoms with Crippen LogP contribution < -0.4 is 4.52 Å². The second kappa shape index (κ2) is 17.1. The van der Waals surface area contributed by atoms with Crippen LogP contribution in [0.1, 0.15) is 54.2 Å². The number of aromatic nitrogens is 3. The molecule has 19 heteroatoms. The number of aliphatic hydroxyl groups excluding tert-OH is 1. The number of halogens is 1. The third kappa shape index (κ3) is 10.9. The molecule has 1 fully saturated rings. The van der Waals surface area contributed by atoms with Crippen molar-refractivity contribution in [3.05, 3.63) is 54.1 Å². The minimum absolute atomic E-state index is 0.0388. The first-order valence-corrected chi connectivity index (χ1v) is 18.0. The summed E-state index contributed by atoms with van der Waals surface area (Å²) in [5.41, 5.74) is -0.737. The highest BCUT2D eigenvalue weighted by atomic mass is 35.5. The molecule has 4 rings (SSSR count). The van der Waals surface area contributed by atoms with Crippen LogP contribution in [0.3, 0.4) is 0 Å². The number of ether oxygens (including phenoxy) is 5. The molecule has 284 valence electrons. The maximum Gasteiger partial charge on any atom is 0.462 e. The SMILES string of the molecule is CC(C)(C)C(=O)OCOC(=O)CN(CC(=O)OCOC(=O)C(C)(C)C)P(=O)(OC[C@H]1O[C@@H](n2cnc3c(Cl)nccc32)C[C@@H]1O)Oc1ccccc1. The molecule has 1 aromatic carbocycles. The number of rotatable bonds is 15. The van der Waals surface area contributed by atoms with E-state index in [-0.39, 0.29) is 17.3 Å². The first-order chi connectivity index (χ1) is 24.4. The number of hydrogen-bond donors (Lipinski definition) is 1. The maximum atomic E-state index is 14.7. The molecule has 17 nitrogen and oxygen atoms in total. The molecule has 1 unspecified atom stereocenters. The van der Waals surface area contributed by atoms with Crippen LogP contribution in [0.5, 0.6) is 5.75 Å². The predicted octanol–water partition coefficient (Wildman–Crippen LogP) is 4.42. The largest absolute Gasteiger partial charge is 0.462 e. The van der Waals surface area contributed by atoms with Gasteiger partial charge in [0.2, 0.25) is 13.6 Å². The summed E-state index contributed by atoms with van der Waals surface area (Å²) >= 11 is 6.17. The molecule has 1 aliphatic heterocycles. The third-order valence-electron chi connectivity index (χ3n) is 7.34. The molecule has 2 aromatic heterocycles. The first-order valence-electron chi connectivity index (χ1n) is 16.1. The quantitative estimate of drug-likeness (QED) is 0.0984.